The quantitative estimate of drug-likeness (QED) is 0.747. The molecule has 8 nitrogen and oxygen atoms in total. The number of hydrogen-bond donors (Lipinski definition) is 1. The van der Waals surface area contributed by atoms with Gasteiger partial charge in [-0.1, -0.05) is 19.9 Å². The molecule has 0 unspecified atom stereocenters. The Morgan fingerprint density at radius 1 is 1.31 bits per heavy atom. The van der Waals surface area contributed by atoms with Crippen molar-refractivity contribution in [1.29, 1.82) is 5.26 Å². The fourth-order valence-electron chi connectivity index (χ4n) is 2.69. The molecule has 0 saturated heterocycles. The number of nitriles is 1. The number of rotatable bonds is 6. The van der Waals surface area contributed by atoms with Crippen molar-refractivity contribution < 1.29 is 19.1 Å². The average molecular weight is 400 g/mol. The maximum absolute atomic E-state index is 12.6. The highest BCUT2D eigenvalue weighted by atomic mass is 16.6. The summed E-state index contributed by atoms with van der Waals surface area (Å²) in [6, 6.07) is 6.60. The monoisotopic (exact) mass is 400 g/mol. The van der Waals surface area contributed by atoms with Crippen LogP contribution in [0, 0.1) is 17.2 Å². The first-order valence-corrected chi connectivity index (χ1v) is 9.51. The predicted octanol–water partition coefficient (Wildman–Crippen LogP) is 3.08. The number of hydrogen-bond acceptors (Lipinski definition) is 6. The number of esters is 1. The number of aromatic nitrogens is 2. The fraction of sp³-hybridized carbons (Fsp3) is 0.524. The van der Waals surface area contributed by atoms with Crippen LogP contribution < -0.4 is 5.32 Å². The van der Waals surface area contributed by atoms with E-state index >= 15 is 0 Å². The number of carbonyl (C=O) groups excluding carboxylic acids is 2. The van der Waals surface area contributed by atoms with E-state index in [4.69, 9.17) is 14.7 Å². The third kappa shape index (κ3) is 6.21. The van der Waals surface area contributed by atoms with Crippen molar-refractivity contribution in [2.75, 3.05) is 6.61 Å². The minimum Gasteiger partial charge on any atom is -0.464 e. The van der Waals surface area contributed by atoms with Crippen LogP contribution in [0.1, 0.15) is 46.0 Å². The minimum atomic E-state index is -0.898. The van der Waals surface area contributed by atoms with E-state index in [0.717, 1.165) is 11.1 Å². The van der Waals surface area contributed by atoms with Crippen molar-refractivity contribution in [3.63, 3.8) is 0 Å². The lowest BCUT2D eigenvalue weighted by Crippen LogP contribution is -2.45. The van der Waals surface area contributed by atoms with Crippen molar-refractivity contribution >= 4 is 23.1 Å². The SMILES string of the molecule is CC(C)COC(=O)[C@H](Cc1ccc2nc(C#N)n(C)c2c1)NC(=O)OC(C)(C)C. The van der Waals surface area contributed by atoms with Crippen molar-refractivity contribution in [3.05, 3.63) is 29.6 Å². The number of fused-ring (bicyclic) bond motifs is 1. The molecule has 0 aliphatic heterocycles. The van der Waals surface area contributed by atoms with E-state index in [-0.39, 0.29) is 18.9 Å². The molecule has 0 radical (unpaired) electrons. The second-order valence-electron chi connectivity index (χ2n) is 8.36. The Balaban J connectivity index is 2.24. The van der Waals surface area contributed by atoms with E-state index in [1.54, 1.807) is 38.5 Å². The highest BCUT2D eigenvalue weighted by Crippen LogP contribution is 2.18. The fourth-order valence-corrected chi connectivity index (χ4v) is 2.69. The van der Waals surface area contributed by atoms with Gasteiger partial charge in [0, 0.05) is 13.5 Å². The van der Waals surface area contributed by atoms with E-state index in [1.807, 2.05) is 32.0 Å². The van der Waals surface area contributed by atoms with Crippen molar-refractivity contribution in [2.24, 2.45) is 13.0 Å². The third-order valence-corrected chi connectivity index (χ3v) is 4.02. The Labute approximate surface area is 170 Å². The van der Waals surface area contributed by atoms with Crippen LogP contribution in [0.25, 0.3) is 11.0 Å². The molecule has 1 aromatic heterocycles. The standard InChI is InChI=1S/C21H28N4O4/c1-13(2)12-28-19(26)16(24-20(27)29-21(3,4)5)9-14-7-8-15-17(10-14)25(6)18(11-22)23-15/h7-8,10,13,16H,9,12H2,1-6H3,(H,24,27)/t16-/m0/s1. The molecule has 1 heterocycles. The zero-order chi connectivity index (χ0) is 21.8. The molecule has 1 amide bonds. The van der Waals surface area contributed by atoms with Gasteiger partial charge in [0.2, 0.25) is 5.82 Å². The summed E-state index contributed by atoms with van der Waals surface area (Å²) in [5.74, 6) is -0.0411. The van der Waals surface area contributed by atoms with E-state index in [2.05, 4.69) is 10.3 Å². The average Bonchev–Trinajstić information content (AvgIpc) is 2.93. The van der Waals surface area contributed by atoms with Gasteiger partial charge in [0.05, 0.1) is 17.6 Å². The molecular formula is C21H28N4O4. The summed E-state index contributed by atoms with van der Waals surface area (Å²) in [7, 11) is 1.75. The van der Waals surface area contributed by atoms with E-state index < -0.39 is 23.7 Å². The van der Waals surface area contributed by atoms with Gasteiger partial charge in [-0.2, -0.15) is 5.26 Å². The summed E-state index contributed by atoms with van der Waals surface area (Å²) < 4.78 is 12.3. The molecule has 1 atom stereocenters. The van der Waals surface area contributed by atoms with Gasteiger partial charge in [-0.3, -0.25) is 0 Å². The number of benzene rings is 1. The molecule has 0 aliphatic carbocycles. The molecule has 8 heteroatoms. The maximum atomic E-state index is 12.6. The number of aryl methyl sites for hydroxylation is 1. The summed E-state index contributed by atoms with van der Waals surface area (Å²) in [4.78, 5) is 29.0. The second kappa shape index (κ2) is 8.95. The Bertz CT molecular complexity index is 935. The molecule has 2 aromatic rings. The summed E-state index contributed by atoms with van der Waals surface area (Å²) in [5, 5.41) is 11.8. The predicted molar refractivity (Wildman–Crippen MR) is 108 cm³/mol. The van der Waals surface area contributed by atoms with Crippen molar-refractivity contribution in [2.45, 2.75) is 52.7 Å². The topological polar surface area (TPSA) is 106 Å². The van der Waals surface area contributed by atoms with Gasteiger partial charge in [0.1, 0.15) is 17.7 Å². The van der Waals surface area contributed by atoms with Crippen molar-refractivity contribution in [3.8, 4) is 6.07 Å². The van der Waals surface area contributed by atoms with Crippen LogP contribution in [0.4, 0.5) is 4.79 Å². The first-order chi connectivity index (χ1) is 13.5. The van der Waals surface area contributed by atoms with Gasteiger partial charge in [-0.15, -0.1) is 0 Å². The number of imidazole rings is 1. The molecule has 1 aromatic carbocycles. The molecule has 0 fully saturated rings. The number of alkyl carbamates (subject to hydrolysis) is 1. The Kier molecular flexibility index (Phi) is 6.85. The van der Waals surface area contributed by atoms with Crippen LogP contribution in [-0.2, 0) is 27.7 Å². The molecule has 156 valence electrons. The highest BCUT2D eigenvalue weighted by Gasteiger charge is 2.26. The lowest BCUT2D eigenvalue weighted by atomic mass is 10.1. The lowest BCUT2D eigenvalue weighted by molar-refractivity contribution is -0.147. The second-order valence-corrected chi connectivity index (χ2v) is 8.36. The van der Waals surface area contributed by atoms with Gasteiger partial charge < -0.3 is 19.4 Å². The largest absolute Gasteiger partial charge is 0.464 e. The molecule has 0 bridgehead atoms. The Morgan fingerprint density at radius 3 is 2.59 bits per heavy atom. The molecule has 0 saturated carbocycles. The van der Waals surface area contributed by atoms with E-state index in [0.29, 0.717) is 11.3 Å². The number of nitrogens with zero attached hydrogens (tertiary/aromatic N) is 3. The smallest absolute Gasteiger partial charge is 0.408 e. The summed E-state index contributed by atoms with van der Waals surface area (Å²) in [6.07, 6.45) is -0.462. The van der Waals surface area contributed by atoms with Gasteiger partial charge in [0.15, 0.2) is 0 Å². The first-order valence-electron chi connectivity index (χ1n) is 9.51. The number of nitrogens with one attached hydrogen (secondary N) is 1. The molecule has 29 heavy (non-hydrogen) atoms. The van der Waals surface area contributed by atoms with Crippen LogP contribution in [0.2, 0.25) is 0 Å². The highest BCUT2D eigenvalue weighted by molar-refractivity contribution is 5.82. The molecular weight excluding hydrogens is 372 g/mol. The third-order valence-electron chi connectivity index (χ3n) is 4.02. The molecule has 2 rings (SSSR count). The summed E-state index contributed by atoms with van der Waals surface area (Å²) in [6.45, 7) is 9.39. The van der Waals surface area contributed by atoms with E-state index in [1.165, 1.54) is 0 Å². The molecule has 0 aliphatic rings. The zero-order valence-electron chi connectivity index (χ0n) is 17.8. The van der Waals surface area contributed by atoms with Gasteiger partial charge in [-0.25, -0.2) is 14.6 Å². The normalized spacial score (nSPS) is 12.5. The van der Waals surface area contributed by atoms with Gasteiger partial charge >= 0.3 is 12.1 Å². The molecule has 0 spiro atoms. The van der Waals surface area contributed by atoms with Gasteiger partial charge in [-0.05, 0) is 44.4 Å². The summed E-state index contributed by atoms with van der Waals surface area (Å²) in [5.41, 5.74) is 1.57. The minimum absolute atomic E-state index is 0.177. The number of carbonyl (C=O) groups is 2. The molecule has 1 N–H and O–H groups in total. The zero-order valence-corrected chi connectivity index (χ0v) is 17.8. The van der Waals surface area contributed by atoms with Crippen LogP contribution >= 0.6 is 0 Å². The Morgan fingerprint density at radius 2 is 2.00 bits per heavy atom. The van der Waals surface area contributed by atoms with Crippen molar-refractivity contribution in [1.82, 2.24) is 14.9 Å². The van der Waals surface area contributed by atoms with Crippen LogP contribution in [0.3, 0.4) is 0 Å². The summed E-state index contributed by atoms with van der Waals surface area (Å²) >= 11 is 0. The number of amides is 1. The van der Waals surface area contributed by atoms with Crippen LogP contribution in [0.5, 0.6) is 0 Å². The number of ether oxygens (including phenoxy) is 2. The first kappa shape index (κ1) is 22.2. The van der Waals surface area contributed by atoms with Gasteiger partial charge in [0.25, 0.3) is 0 Å². The van der Waals surface area contributed by atoms with Crippen LogP contribution in [-0.4, -0.2) is 39.9 Å². The maximum Gasteiger partial charge on any atom is 0.408 e. The Hall–Kier alpha value is -3.08. The van der Waals surface area contributed by atoms with Crippen LogP contribution in [0.15, 0.2) is 18.2 Å². The van der Waals surface area contributed by atoms with E-state index in [9.17, 15) is 9.59 Å². The lowest BCUT2D eigenvalue weighted by Gasteiger charge is -2.23.